The Kier molecular flexibility index (Phi) is 7.46. The lowest BCUT2D eigenvalue weighted by molar-refractivity contribution is 0.107. The van der Waals surface area contributed by atoms with Gasteiger partial charge in [-0.15, -0.1) is 0 Å². The molecule has 1 aliphatic rings. The highest BCUT2D eigenvalue weighted by Crippen LogP contribution is 2.05. The van der Waals surface area contributed by atoms with Crippen molar-refractivity contribution in [2.75, 3.05) is 46.3 Å². The Balaban J connectivity index is 1.72. The molecule has 6 heteroatoms. The van der Waals surface area contributed by atoms with Crippen molar-refractivity contribution in [2.24, 2.45) is 4.99 Å². The quantitative estimate of drug-likeness (QED) is 0.611. The van der Waals surface area contributed by atoms with E-state index in [2.05, 4.69) is 39.3 Å². The van der Waals surface area contributed by atoms with Crippen LogP contribution >= 0.6 is 0 Å². The fourth-order valence-corrected chi connectivity index (χ4v) is 2.90. The maximum atomic E-state index is 12.9. The zero-order valence-electron chi connectivity index (χ0n) is 15.1. The third kappa shape index (κ3) is 5.76. The number of aliphatic imine (C=N–C) groups is 1. The first-order valence-corrected chi connectivity index (χ1v) is 8.77. The Morgan fingerprint density at radius 3 is 2.42 bits per heavy atom. The molecule has 0 aromatic heterocycles. The van der Waals surface area contributed by atoms with E-state index in [0.717, 1.165) is 50.8 Å². The second-order valence-electron chi connectivity index (χ2n) is 6.25. The number of likely N-dealkylation sites (N-methyl/N-ethyl adjacent to an activating group) is 1. The van der Waals surface area contributed by atoms with Crippen LogP contribution in [0.15, 0.2) is 29.3 Å². The van der Waals surface area contributed by atoms with Crippen LogP contribution in [0.2, 0.25) is 0 Å². The molecule has 1 fully saturated rings. The molecule has 24 heavy (non-hydrogen) atoms. The summed E-state index contributed by atoms with van der Waals surface area (Å²) in [4.78, 5) is 9.26. The zero-order chi connectivity index (χ0) is 17.4. The number of hydrogen-bond acceptors (Lipinski definition) is 3. The summed E-state index contributed by atoms with van der Waals surface area (Å²) >= 11 is 0. The van der Waals surface area contributed by atoms with Gasteiger partial charge in [0.2, 0.25) is 0 Å². The standard InChI is InChI=1S/C18H30FN5/c1-4-23-9-11-24(12-10-23)15(2)13-21-18(20-3)22-14-16-5-7-17(19)8-6-16/h5-8,15H,4,9-14H2,1-3H3,(H2,20,21,22). The van der Waals surface area contributed by atoms with Crippen molar-refractivity contribution in [3.8, 4) is 0 Å². The van der Waals surface area contributed by atoms with Gasteiger partial charge in [-0.3, -0.25) is 9.89 Å². The van der Waals surface area contributed by atoms with Crippen molar-refractivity contribution in [1.82, 2.24) is 20.4 Å². The van der Waals surface area contributed by atoms with Gasteiger partial charge in [0.05, 0.1) is 0 Å². The molecule has 5 nitrogen and oxygen atoms in total. The van der Waals surface area contributed by atoms with Crippen molar-refractivity contribution in [2.45, 2.75) is 26.4 Å². The predicted octanol–water partition coefficient (Wildman–Crippen LogP) is 1.52. The molecule has 0 saturated carbocycles. The number of piperazine rings is 1. The van der Waals surface area contributed by atoms with Gasteiger partial charge in [-0.2, -0.15) is 0 Å². The van der Waals surface area contributed by atoms with E-state index in [1.54, 1.807) is 19.2 Å². The van der Waals surface area contributed by atoms with E-state index in [1.807, 2.05) is 0 Å². The van der Waals surface area contributed by atoms with Crippen molar-refractivity contribution < 1.29 is 4.39 Å². The molecule has 0 bridgehead atoms. The van der Waals surface area contributed by atoms with Crippen LogP contribution in [0.5, 0.6) is 0 Å². The topological polar surface area (TPSA) is 42.9 Å². The Bertz CT molecular complexity index is 509. The molecule has 1 atom stereocenters. The summed E-state index contributed by atoms with van der Waals surface area (Å²) in [6.07, 6.45) is 0. The molecule has 0 amide bonds. The lowest BCUT2D eigenvalue weighted by atomic mass is 10.2. The minimum atomic E-state index is -0.210. The summed E-state index contributed by atoms with van der Waals surface area (Å²) in [5.74, 6) is 0.566. The monoisotopic (exact) mass is 335 g/mol. The molecule has 0 radical (unpaired) electrons. The smallest absolute Gasteiger partial charge is 0.191 e. The first-order valence-electron chi connectivity index (χ1n) is 8.77. The molecule has 1 heterocycles. The molecule has 1 aromatic rings. The largest absolute Gasteiger partial charge is 0.355 e. The van der Waals surface area contributed by atoms with Gasteiger partial charge < -0.3 is 15.5 Å². The summed E-state index contributed by atoms with van der Waals surface area (Å²) in [5.41, 5.74) is 1.03. The van der Waals surface area contributed by atoms with Crippen LogP contribution in [-0.4, -0.2) is 68.1 Å². The lowest BCUT2D eigenvalue weighted by Gasteiger charge is -2.37. The summed E-state index contributed by atoms with van der Waals surface area (Å²) in [7, 11) is 1.77. The fraction of sp³-hybridized carbons (Fsp3) is 0.611. The summed E-state index contributed by atoms with van der Waals surface area (Å²) in [5, 5.41) is 6.65. The predicted molar refractivity (Wildman–Crippen MR) is 97.8 cm³/mol. The molecule has 0 spiro atoms. The lowest BCUT2D eigenvalue weighted by Crippen LogP contribution is -2.53. The van der Waals surface area contributed by atoms with E-state index in [9.17, 15) is 4.39 Å². The van der Waals surface area contributed by atoms with Crippen LogP contribution in [0.1, 0.15) is 19.4 Å². The Morgan fingerprint density at radius 2 is 1.83 bits per heavy atom. The van der Waals surface area contributed by atoms with E-state index >= 15 is 0 Å². The molecular weight excluding hydrogens is 305 g/mol. The van der Waals surface area contributed by atoms with Crippen molar-refractivity contribution in [1.29, 1.82) is 0 Å². The van der Waals surface area contributed by atoms with E-state index in [0.29, 0.717) is 12.6 Å². The summed E-state index contributed by atoms with van der Waals surface area (Å²) in [6, 6.07) is 6.99. The Hall–Kier alpha value is -1.66. The molecule has 134 valence electrons. The molecule has 2 N–H and O–H groups in total. The highest BCUT2D eigenvalue weighted by atomic mass is 19.1. The van der Waals surface area contributed by atoms with Crippen LogP contribution in [0.25, 0.3) is 0 Å². The van der Waals surface area contributed by atoms with Crippen LogP contribution in [-0.2, 0) is 6.54 Å². The number of rotatable bonds is 6. The Labute approximate surface area is 144 Å². The maximum absolute atomic E-state index is 12.9. The van der Waals surface area contributed by atoms with Gasteiger partial charge in [0, 0.05) is 52.4 Å². The Morgan fingerprint density at radius 1 is 1.17 bits per heavy atom. The molecule has 1 saturated heterocycles. The van der Waals surface area contributed by atoms with Gasteiger partial charge >= 0.3 is 0 Å². The average Bonchev–Trinajstić information content (AvgIpc) is 2.63. The molecule has 1 unspecified atom stereocenters. The average molecular weight is 335 g/mol. The highest BCUT2D eigenvalue weighted by molar-refractivity contribution is 5.79. The first kappa shape index (κ1) is 18.7. The van der Waals surface area contributed by atoms with Crippen molar-refractivity contribution >= 4 is 5.96 Å². The number of benzene rings is 1. The molecular formula is C18H30FN5. The van der Waals surface area contributed by atoms with Crippen LogP contribution in [0.4, 0.5) is 4.39 Å². The second-order valence-corrected chi connectivity index (χ2v) is 6.25. The third-order valence-electron chi connectivity index (χ3n) is 4.64. The van der Waals surface area contributed by atoms with Crippen LogP contribution in [0.3, 0.4) is 0 Å². The van der Waals surface area contributed by atoms with Crippen molar-refractivity contribution in [3.05, 3.63) is 35.6 Å². The maximum Gasteiger partial charge on any atom is 0.191 e. The number of halogens is 1. The minimum Gasteiger partial charge on any atom is -0.355 e. The minimum absolute atomic E-state index is 0.210. The number of hydrogen-bond donors (Lipinski definition) is 2. The number of nitrogens with zero attached hydrogens (tertiary/aromatic N) is 3. The molecule has 1 aliphatic heterocycles. The first-order chi connectivity index (χ1) is 11.6. The van der Waals surface area contributed by atoms with Gasteiger partial charge in [0.15, 0.2) is 5.96 Å². The van der Waals surface area contributed by atoms with E-state index in [1.165, 1.54) is 12.1 Å². The molecule has 1 aromatic carbocycles. The summed E-state index contributed by atoms with van der Waals surface area (Å²) < 4.78 is 12.9. The van der Waals surface area contributed by atoms with Gasteiger partial charge in [-0.25, -0.2) is 4.39 Å². The van der Waals surface area contributed by atoms with E-state index in [-0.39, 0.29) is 5.82 Å². The van der Waals surface area contributed by atoms with E-state index < -0.39 is 0 Å². The van der Waals surface area contributed by atoms with Gasteiger partial charge in [0.25, 0.3) is 0 Å². The van der Waals surface area contributed by atoms with Crippen LogP contribution < -0.4 is 10.6 Å². The second kappa shape index (κ2) is 9.59. The SMILES string of the molecule is CCN1CCN(C(C)CNC(=NC)NCc2ccc(F)cc2)CC1. The highest BCUT2D eigenvalue weighted by Gasteiger charge is 2.20. The van der Waals surface area contributed by atoms with Gasteiger partial charge in [-0.05, 0) is 31.2 Å². The van der Waals surface area contributed by atoms with Crippen LogP contribution in [0, 0.1) is 5.82 Å². The third-order valence-corrected chi connectivity index (χ3v) is 4.64. The number of guanidine groups is 1. The normalized spacial score (nSPS) is 18.4. The fourth-order valence-electron chi connectivity index (χ4n) is 2.90. The van der Waals surface area contributed by atoms with E-state index in [4.69, 9.17) is 0 Å². The zero-order valence-corrected chi connectivity index (χ0v) is 15.1. The molecule has 2 rings (SSSR count). The van der Waals surface area contributed by atoms with Gasteiger partial charge in [0.1, 0.15) is 5.82 Å². The summed E-state index contributed by atoms with van der Waals surface area (Å²) in [6.45, 7) is 11.6. The molecule has 0 aliphatic carbocycles. The van der Waals surface area contributed by atoms with Crippen molar-refractivity contribution in [3.63, 3.8) is 0 Å². The van der Waals surface area contributed by atoms with Gasteiger partial charge in [-0.1, -0.05) is 19.1 Å². The number of nitrogens with one attached hydrogen (secondary N) is 2.